The van der Waals surface area contributed by atoms with Gasteiger partial charge in [0.1, 0.15) is 17.2 Å². The van der Waals surface area contributed by atoms with Crippen LogP contribution < -0.4 is 19.5 Å². The number of benzene rings is 3. The number of amides is 3. The summed E-state index contributed by atoms with van der Waals surface area (Å²) in [6.45, 7) is 3.52. The summed E-state index contributed by atoms with van der Waals surface area (Å²) in [6, 6.07) is 22.1. The van der Waals surface area contributed by atoms with Crippen LogP contribution in [-0.4, -0.2) is 73.8 Å². The number of nitrogens with zero attached hydrogens (tertiary/aromatic N) is 3. The molecule has 1 aliphatic heterocycles. The van der Waals surface area contributed by atoms with E-state index < -0.39 is 0 Å². The average molecular weight is 589 g/mol. The van der Waals surface area contributed by atoms with Crippen molar-refractivity contribution in [1.29, 1.82) is 0 Å². The first kappa shape index (κ1) is 28.9. The lowest BCUT2D eigenvalue weighted by atomic mass is 10.1. The van der Waals surface area contributed by atoms with E-state index in [0.29, 0.717) is 54.0 Å². The summed E-state index contributed by atoms with van der Waals surface area (Å²) in [4.78, 5) is 30.4. The largest absolute Gasteiger partial charge is 0.497 e. The summed E-state index contributed by atoms with van der Waals surface area (Å²) in [5, 5.41) is 3.49. The third-order valence-electron chi connectivity index (χ3n) is 7.46. The highest BCUT2D eigenvalue weighted by molar-refractivity contribution is 6.32. The van der Waals surface area contributed by atoms with Crippen molar-refractivity contribution in [1.82, 2.24) is 14.4 Å². The van der Waals surface area contributed by atoms with Crippen LogP contribution in [0.5, 0.6) is 17.2 Å². The van der Waals surface area contributed by atoms with E-state index in [-0.39, 0.29) is 11.9 Å². The quantitative estimate of drug-likeness (QED) is 0.281. The van der Waals surface area contributed by atoms with E-state index in [2.05, 4.69) is 5.32 Å². The van der Waals surface area contributed by atoms with Gasteiger partial charge in [0.05, 0.1) is 49.0 Å². The summed E-state index contributed by atoms with van der Waals surface area (Å²) in [5.74, 6) is 1.79. The first-order chi connectivity index (χ1) is 20.3. The Bertz CT molecular complexity index is 1590. The van der Waals surface area contributed by atoms with Crippen molar-refractivity contribution in [3.8, 4) is 34.2 Å². The number of carbonyl (C=O) groups is 2. The molecule has 9 nitrogen and oxygen atoms in total. The third kappa shape index (κ3) is 5.73. The maximum Gasteiger partial charge on any atom is 0.322 e. The Balaban J connectivity index is 1.35. The Morgan fingerprint density at radius 2 is 1.43 bits per heavy atom. The minimum Gasteiger partial charge on any atom is -0.497 e. The molecule has 0 unspecified atom stereocenters. The van der Waals surface area contributed by atoms with Gasteiger partial charge in [0.25, 0.3) is 5.91 Å². The van der Waals surface area contributed by atoms with E-state index in [0.717, 1.165) is 28.4 Å². The Kier molecular flexibility index (Phi) is 8.59. The van der Waals surface area contributed by atoms with Crippen molar-refractivity contribution in [2.24, 2.45) is 0 Å². The number of urea groups is 1. The zero-order valence-corrected chi connectivity index (χ0v) is 24.8. The van der Waals surface area contributed by atoms with Crippen molar-refractivity contribution < 1.29 is 23.8 Å². The number of methoxy groups -OCH3 is 3. The molecule has 218 valence electrons. The molecule has 1 saturated heterocycles. The minimum absolute atomic E-state index is 0.0926. The molecule has 0 saturated carbocycles. The van der Waals surface area contributed by atoms with Gasteiger partial charge in [0.15, 0.2) is 0 Å². The molecule has 10 heteroatoms. The Hall–Kier alpha value is -4.63. The first-order valence-corrected chi connectivity index (χ1v) is 13.9. The molecule has 1 N–H and O–H groups in total. The molecule has 0 atom stereocenters. The number of aromatic nitrogens is 1. The van der Waals surface area contributed by atoms with Crippen LogP contribution in [-0.2, 0) is 0 Å². The number of hydrogen-bond acceptors (Lipinski definition) is 5. The number of para-hydroxylation sites is 1. The zero-order chi connectivity index (χ0) is 29.8. The molecule has 1 aromatic heterocycles. The van der Waals surface area contributed by atoms with Crippen LogP contribution in [0.2, 0.25) is 5.02 Å². The summed E-state index contributed by atoms with van der Waals surface area (Å²) in [7, 11) is 4.73. The topological polar surface area (TPSA) is 85.3 Å². The molecule has 3 amide bonds. The number of ether oxygens (including phenoxy) is 3. The summed E-state index contributed by atoms with van der Waals surface area (Å²) in [6.07, 6.45) is 0. The van der Waals surface area contributed by atoms with Crippen molar-refractivity contribution in [3.63, 3.8) is 0 Å². The molecular weight excluding hydrogens is 556 g/mol. The number of carbonyl (C=O) groups excluding carboxylic acids is 2. The molecule has 2 heterocycles. The van der Waals surface area contributed by atoms with Gasteiger partial charge in [-0.05, 0) is 67.1 Å². The molecule has 0 radical (unpaired) electrons. The molecule has 42 heavy (non-hydrogen) atoms. The summed E-state index contributed by atoms with van der Waals surface area (Å²) >= 11 is 6.62. The van der Waals surface area contributed by atoms with Crippen molar-refractivity contribution in [3.05, 3.63) is 89.1 Å². The number of piperazine rings is 1. The van der Waals surface area contributed by atoms with Gasteiger partial charge in [-0.15, -0.1) is 0 Å². The fourth-order valence-electron chi connectivity index (χ4n) is 5.12. The maximum absolute atomic E-state index is 13.9. The van der Waals surface area contributed by atoms with Crippen molar-refractivity contribution in [2.75, 3.05) is 52.8 Å². The third-order valence-corrected chi connectivity index (χ3v) is 7.78. The van der Waals surface area contributed by atoms with Gasteiger partial charge in [-0.25, -0.2) is 4.79 Å². The molecule has 1 fully saturated rings. The maximum atomic E-state index is 13.9. The Morgan fingerprint density at radius 1 is 0.786 bits per heavy atom. The van der Waals surface area contributed by atoms with Crippen LogP contribution in [0.25, 0.3) is 16.9 Å². The number of nitrogens with one attached hydrogen (secondary N) is 1. The fourth-order valence-corrected chi connectivity index (χ4v) is 5.34. The number of hydrogen-bond donors (Lipinski definition) is 1. The van der Waals surface area contributed by atoms with E-state index in [1.807, 2.05) is 66.1 Å². The van der Waals surface area contributed by atoms with E-state index in [1.165, 1.54) is 7.11 Å². The standard InChI is InChI=1S/C32H33ClN4O5/c1-21-25(20-29(22-9-11-23(40-2)12-10-22)37(21)28-8-6-5-7-26(28)33)31(38)35-15-17-36(18-16-35)32(39)34-27-14-13-24(41-3)19-30(27)42-4/h5-14,19-20H,15-18H2,1-4H3,(H,34,39). The van der Waals surface area contributed by atoms with E-state index in [9.17, 15) is 9.59 Å². The van der Waals surface area contributed by atoms with Crippen molar-refractivity contribution in [2.45, 2.75) is 6.92 Å². The molecule has 0 bridgehead atoms. The predicted octanol–water partition coefficient (Wildman–Crippen LogP) is 6.12. The van der Waals surface area contributed by atoms with Gasteiger partial charge in [0, 0.05) is 37.9 Å². The molecule has 4 aromatic rings. The monoisotopic (exact) mass is 588 g/mol. The van der Waals surface area contributed by atoms with Gasteiger partial charge in [-0.1, -0.05) is 23.7 Å². The predicted molar refractivity (Wildman–Crippen MR) is 164 cm³/mol. The highest BCUT2D eigenvalue weighted by Crippen LogP contribution is 2.34. The van der Waals surface area contributed by atoms with Gasteiger partial charge in [-0.3, -0.25) is 4.79 Å². The minimum atomic E-state index is -0.256. The number of halogens is 1. The molecule has 1 aliphatic rings. The van der Waals surface area contributed by atoms with Gasteiger partial charge >= 0.3 is 6.03 Å². The number of anilines is 1. The van der Waals surface area contributed by atoms with Crippen LogP contribution in [0.15, 0.2) is 72.8 Å². The lowest BCUT2D eigenvalue weighted by Crippen LogP contribution is -2.51. The van der Waals surface area contributed by atoms with Gasteiger partial charge in [0.2, 0.25) is 0 Å². The first-order valence-electron chi connectivity index (χ1n) is 13.5. The van der Waals surface area contributed by atoms with E-state index >= 15 is 0 Å². The van der Waals surface area contributed by atoms with Crippen LogP contribution in [0.3, 0.4) is 0 Å². The molecule has 3 aromatic carbocycles. The van der Waals surface area contributed by atoms with Crippen LogP contribution >= 0.6 is 11.6 Å². The second-order valence-electron chi connectivity index (χ2n) is 9.82. The molecular formula is C32H33ClN4O5. The second-order valence-corrected chi connectivity index (χ2v) is 10.2. The summed E-state index contributed by atoms with van der Waals surface area (Å²) in [5.41, 5.74) is 4.47. The van der Waals surface area contributed by atoms with Crippen LogP contribution in [0.4, 0.5) is 10.5 Å². The molecule has 0 aliphatic carbocycles. The lowest BCUT2D eigenvalue weighted by molar-refractivity contribution is 0.0671. The van der Waals surface area contributed by atoms with Crippen LogP contribution in [0, 0.1) is 6.92 Å². The lowest BCUT2D eigenvalue weighted by Gasteiger charge is -2.34. The van der Waals surface area contributed by atoms with E-state index in [1.54, 1.807) is 42.2 Å². The highest BCUT2D eigenvalue weighted by Gasteiger charge is 2.29. The average Bonchev–Trinajstić information content (AvgIpc) is 3.37. The second kappa shape index (κ2) is 12.5. The highest BCUT2D eigenvalue weighted by atomic mass is 35.5. The van der Waals surface area contributed by atoms with Crippen molar-refractivity contribution >= 4 is 29.2 Å². The van der Waals surface area contributed by atoms with Gasteiger partial charge in [-0.2, -0.15) is 0 Å². The zero-order valence-electron chi connectivity index (χ0n) is 24.0. The normalized spacial score (nSPS) is 13.1. The smallest absolute Gasteiger partial charge is 0.322 e. The molecule has 5 rings (SSSR count). The fraction of sp³-hybridized carbons (Fsp3) is 0.250. The van der Waals surface area contributed by atoms with Crippen LogP contribution in [0.1, 0.15) is 16.1 Å². The van der Waals surface area contributed by atoms with E-state index in [4.69, 9.17) is 25.8 Å². The Labute approximate surface area is 250 Å². The SMILES string of the molecule is COc1ccc(-c2cc(C(=O)N3CCN(C(=O)Nc4ccc(OC)cc4OC)CC3)c(C)n2-c2ccccc2Cl)cc1. The molecule has 0 spiro atoms. The number of rotatable bonds is 7. The Morgan fingerprint density at radius 3 is 2.07 bits per heavy atom. The van der Waals surface area contributed by atoms with Gasteiger partial charge < -0.3 is 33.9 Å². The summed E-state index contributed by atoms with van der Waals surface area (Å²) < 4.78 is 18.0.